The quantitative estimate of drug-likeness (QED) is 0.729. The molecule has 1 aliphatic rings. The molecule has 90 valence electrons. The van der Waals surface area contributed by atoms with E-state index in [0.29, 0.717) is 5.92 Å². The van der Waals surface area contributed by atoms with Crippen LogP contribution in [0.4, 0.5) is 0 Å². The predicted octanol–water partition coefficient (Wildman–Crippen LogP) is 3.29. The Morgan fingerprint density at radius 1 is 1.35 bits per heavy atom. The van der Waals surface area contributed by atoms with Crippen LogP contribution in [-0.4, -0.2) is 13.1 Å². The Hall–Kier alpha value is -1.57. The third-order valence-electron chi connectivity index (χ3n) is 3.46. The van der Waals surface area contributed by atoms with Gasteiger partial charge >= 0.3 is 5.97 Å². The average molecular weight is 230 g/mol. The molecule has 0 aromatic heterocycles. The van der Waals surface area contributed by atoms with Crippen molar-refractivity contribution in [2.24, 2.45) is 11.8 Å². The summed E-state index contributed by atoms with van der Waals surface area (Å²) in [5, 5.41) is 0. The molecule has 0 spiro atoms. The molecule has 0 N–H and O–H groups in total. The first kappa shape index (κ1) is 11.9. The van der Waals surface area contributed by atoms with Gasteiger partial charge in [0.05, 0.1) is 13.0 Å². The molecule has 1 aromatic carbocycles. The summed E-state index contributed by atoms with van der Waals surface area (Å²) in [6.45, 7) is 2.12. The van der Waals surface area contributed by atoms with Crippen LogP contribution in [-0.2, 0) is 9.53 Å². The molecule has 0 bridgehead atoms. The lowest BCUT2D eigenvalue weighted by atomic mass is 9.94. The molecule has 1 aliphatic carbocycles. The number of benzene rings is 1. The second kappa shape index (κ2) is 5.17. The molecule has 0 amide bonds. The van der Waals surface area contributed by atoms with Crippen molar-refractivity contribution in [3.05, 3.63) is 41.5 Å². The van der Waals surface area contributed by atoms with Crippen molar-refractivity contribution in [2.75, 3.05) is 7.11 Å². The van der Waals surface area contributed by atoms with Gasteiger partial charge < -0.3 is 4.74 Å². The van der Waals surface area contributed by atoms with Crippen molar-refractivity contribution in [3.8, 4) is 0 Å². The highest BCUT2D eigenvalue weighted by Gasteiger charge is 2.34. The predicted molar refractivity (Wildman–Crippen MR) is 68.3 cm³/mol. The fraction of sp³-hybridized carbons (Fsp3) is 0.400. The Balaban J connectivity index is 2.26. The summed E-state index contributed by atoms with van der Waals surface area (Å²) in [5.74, 6) is 0.231. The lowest BCUT2D eigenvalue weighted by molar-refractivity contribution is -0.145. The third-order valence-corrected chi connectivity index (χ3v) is 3.46. The minimum absolute atomic E-state index is 0.0554. The topological polar surface area (TPSA) is 26.3 Å². The molecule has 2 unspecified atom stereocenters. The Labute approximate surface area is 102 Å². The van der Waals surface area contributed by atoms with Gasteiger partial charge in [-0.2, -0.15) is 0 Å². The van der Waals surface area contributed by atoms with Gasteiger partial charge in [-0.3, -0.25) is 4.79 Å². The van der Waals surface area contributed by atoms with Gasteiger partial charge in [-0.05, 0) is 24.3 Å². The van der Waals surface area contributed by atoms with E-state index in [1.165, 1.54) is 12.7 Å². The van der Waals surface area contributed by atoms with E-state index < -0.39 is 0 Å². The average Bonchev–Trinajstić information content (AvgIpc) is 2.71. The number of ether oxygens (including phenoxy) is 1. The maximum absolute atomic E-state index is 11.8. The molecule has 0 heterocycles. The van der Waals surface area contributed by atoms with E-state index in [4.69, 9.17) is 4.74 Å². The minimum atomic E-state index is -0.0998. The molecule has 0 saturated heterocycles. The molecule has 2 atom stereocenters. The van der Waals surface area contributed by atoms with Gasteiger partial charge in [0.1, 0.15) is 0 Å². The largest absolute Gasteiger partial charge is 0.469 e. The lowest BCUT2D eigenvalue weighted by Gasteiger charge is -2.14. The van der Waals surface area contributed by atoms with E-state index in [-0.39, 0.29) is 11.9 Å². The van der Waals surface area contributed by atoms with Crippen molar-refractivity contribution in [1.29, 1.82) is 0 Å². The number of carbonyl (C=O) groups excluding carboxylic acids is 1. The first-order chi connectivity index (χ1) is 8.22. The smallest absolute Gasteiger partial charge is 0.313 e. The molecule has 2 rings (SSSR count). The van der Waals surface area contributed by atoms with Crippen molar-refractivity contribution >= 4 is 12.0 Å². The van der Waals surface area contributed by atoms with E-state index in [9.17, 15) is 4.79 Å². The Morgan fingerprint density at radius 2 is 2.06 bits per heavy atom. The van der Waals surface area contributed by atoms with Crippen LogP contribution in [0.2, 0.25) is 0 Å². The molecule has 1 saturated carbocycles. The number of rotatable bonds is 2. The summed E-state index contributed by atoms with van der Waals surface area (Å²) in [6, 6.07) is 10.1. The Bertz CT molecular complexity index is 420. The first-order valence-electron chi connectivity index (χ1n) is 6.05. The first-order valence-corrected chi connectivity index (χ1v) is 6.05. The molecule has 2 nitrogen and oxygen atoms in total. The van der Waals surface area contributed by atoms with Crippen LogP contribution < -0.4 is 0 Å². The molecular formula is C15H18O2. The van der Waals surface area contributed by atoms with Gasteiger partial charge in [-0.1, -0.05) is 48.9 Å². The summed E-state index contributed by atoms with van der Waals surface area (Å²) >= 11 is 0. The molecule has 1 aromatic rings. The van der Waals surface area contributed by atoms with Gasteiger partial charge in [-0.25, -0.2) is 0 Å². The SMILES string of the molecule is COC(=O)C1/C(=C\c2ccccc2)CCC1C. The Morgan fingerprint density at radius 3 is 2.71 bits per heavy atom. The second-order valence-corrected chi connectivity index (χ2v) is 4.65. The molecular weight excluding hydrogens is 212 g/mol. The van der Waals surface area contributed by atoms with Gasteiger partial charge in [0.15, 0.2) is 0 Å². The monoisotopic (exact) mass is 230 g/mol. The highest BCUT2D eigenvalue weighted by molar-refractivity contribution is 5.79. The maximum atomic E-state index is 11.8. The Kier molecular flexibility index (Phi) is 3.62. The van der Waals surface area contributed by atoms with Gasteiger partial charge in [0.25, 0.3) is 0 Å². The lowest BCUT2D eigenvalue weighted by Crippen LogP contribution is -2.19. The minimum Gasteiger partial charge on any atom is -0.469 e. The van der Waals surface area contributed by atoms with E-state index in [1.807, 2.05) is 18.2 Å². The maximum Gasteiger partial charge on any atom is 0.313 e. The van der Waals surface area contributed by atoms with E-state index >= 15 is 0 Å². The van der Waals surface area contributed by atoms with Gasteiger partial charge in [-0.15, -0.1) is 0 Å². The summed E-state index contributed by atoms with van der Waals surface area (Å²) < 4.78 is 4.89. The zero-order chi connectivity index (χ0) is 12.3. The summed E-state index contributed by atoms with van der Waals surface area (Å²) in [4.78, 5) is 11.8. The van der Waals surface area contributed by atoms with Crippen molar-refractivity contribution in [3.63, 3.8) is 0 Å². The van der Waals surface area contributed by atoms with Crippen LogP contribution in [0.3, 0.4) is 0 Å². The standard InChI is InChI=1S/C15H18O2/c1-11-8-9-13(14(11)15(16)17-2)10-12-6-4-3-5-7-12/h3-7,10-11,14H,8-9H2,1-2H3/b13-10-. The number of carbonyl (C=O) groups is 1. The van der Waals surface area contributed by atoms with Gasteiger partial charge in [0.2, 0.25) is 0 Å². The molecule has 17 heavy (non-hydrogen) atoms. The van der Waals surface area contributed by atoms with Crippen LogP contribution in [0.5, 0.6) is 0 Å². The van der Waals surface area contributed by atoms with E-state index in [1.54, 1.807) is 0 Å². The van der Waals surface area contributed by atoms with Crippen molar-refractivity contribution in [2.45, 2.75) is 19.8 Å². The molecule has 0 aliphatic heterocycles. The number of hydrogen-bond donors (Lipinski definition) is 0. The van der Waals surface area contributed by atoms with Crippen LogP contribution >= 0.6 is 0 Å². The van der Waals surface area contributed by atoms with Crippen LogP contribution in [0, 0.1) is 11.8 Å². The van der Waals surface area contributed by atoms with Crippen LogP contribution in [0.1, 0.15) is 25.3 Å². The highest BCUT2D eigenvalue weighted by Crippen LogP contribution is 2.38. The summed E-state index contributed by atoms with van der Waals surface area (Å²) in [5.41, 5.74) is 2.36. The zero-order valence-corrected chi connectivity index (χ0v) is 10.3. The van der Waals surface area contributed by atoms with Crippen LogP contribution in [0.25, 0.3) is 6.08 Å². The third kappa shape index (κ3) is 2.57. The molecule has 2 heteroatoms. The van der Waals surface area contributed by atoms with Crippen molar-refractivity contribution < 1.29 is 9.53 Å². The normalized spacial score (nSPS) is 26.1. The fourth-order valence-corrected chi connectivity index (χ4v) is 2.52. The van der Waals surface area contributed by atoms with Gasteiger partial charge in [0, 0.05) is 0 Å². The summed E-state index contributed by atoms with van der Waals surface area (Å²) in [7, 11) is 1.47. The fourth-order valence-electron chi connectivity index (χ4n) is 2.52. The highest BCUT2D eigenvalue weighted by atomic mass is 16.5. The number of esters is 1. The summed E-state index contributed by atoms with van der Waals surface area (Å²) in [6.07, 6.45) is 4.19. The van der Waals surface area contributed by atoms with E-state index in [0.717, 1.165) is 18.4 Å². The molecule has 1 fully saturated rings. The molecule has 0 radical (unpaired) electrons. The number of methoxy groups -OCH3 is 1. The zero-order valence-electron chi connectivity index (χ0n) is 10.3. The van der Waals surface area contributed by atoms with Crippen molar-refractivity contribution in [1.82, 2.24) is 0 Å². The number of hydrogen-bond acceptors (Lipinski definition) is 2. The van der Waals surface area contributed by atoms with E-state index in [2.05, 4.69) is 25.1 Å². The van der Waals surface area contributed by atoms with Crippen LogP contribution in [0.15, 0.2) is 35.9 Å². The second-order valence-electron chi connectivity index (χ2n) is 4.65.